The molecule has 2 rings (SSSR count). The normalized spacial score (nSPS) is 19.8. The predicted octanol–water partition coefficient (Wildman–Crippen LogP) is 4.91. The summed E-state index contributed by atoms with van der Waals surface area (Å²) in [6.45, 7) is 6.49. The van der Waals surface area contributed by atoms with E-state index >= 15 is 0 Å². The van der Waals surface area contributed by atoms with E-state index in [4.69, 9.17) is 4.74 Å². The topological polar surface area (TPSA) is 29.5 Å². The molecule has 1 unspecified atom stereocenters. The minimum absolute atomic E-state index is 0.131. The molecule has 4 heteroatoms. The van der Waals surface area contributed by atoms with Gasteiger partial charge in [-0.15, -0.1) is 0 Å². The molecule has 110 valence electrons. The van der Waals surface area contributed by atoms with Crippen molar-refractivity contribution in [3.8, 4) is 0 Å². The Morgan fingerprint density at radius 2 is 1.90 bits per heavy atom. The van der Waals surface area contributed by atoms with Gasteiger partial charge in [0, 0.05) is 11.0 Å². The van der Waals surface area contributed by atoms with Crippen molar-refractivity contribution >= 4 is 22.0 Å². The van der Waals surface area contributed by atoms with Gasteiger partial charge in [-0.1, -0.05) is 28.1 Å². The molecule has 0 saturated carbocycles. The van der Waals surface area contributed by atoms with E-state index in [-0.39, 0.29) is 12.1 Å². The van der Waals surface area contributed by atoms with Gasteiger partial charge < -0.3 is 9.64 Å². The van der Waals surface area contributed by atoms with Crippen molar-refractivity contribution in [2.45, 2.75) is 51.7 Å². The first-order valence-corrected chi connectivity index (χ1v) is 7.91. The highest BCUT2D eigenvalue weighted by molar-refractivity contribution is 9.10. The van der Waals surface area contributed by atoms with Gasteiger partial charge in [0.1, 0.15) is 5.60 Å². The maximum atomic E-state index is 12.4. The lowest BCUT2D eigenvalue weighted by atomic mass is 9.96. The molecule has 1 fully saturated rings. The number of ether oxygens (including phenoxy) is 1. The molecule has 0 bridgehead atoms. The molecule has 1 aliphatic heterocycles. The number of hydrogen-bond donors (Lipinski definition) is 0. The van der Waals surface area contributed by atoms with Gasteiger partial charge in [-0.3, -0.25) is 0 Å². The Bertz CT molecular complexity index is 464. The molecule has 0 spiro atoms. The highest BCUT2D eigenvalue weighted by Gasteiger charge is 2.31. The van der Waals surface area contributed by atoms with Crippen LogP contribution in [-0.4, -0.2) is 23.1 Å². The van der Waals surface area contributed by atoms with E-state index in [0.29, 0.717) is 0 Å². The van der Waals surface area contributed by atoms with Crippen LogP contribution in [0.1, 0.15) is 51.6 Å². The molecule has 0 radical (unpaired) electrons. The van der Waals surface area contributed by atoms with Crippen LogP contribution in [0, 0.1) is 0 Å². The lowest BCUT2D eigenvalue weighted by Crippen LogP contribution is -2.41. The van der Waals surface area contributed by atoms with Gasteiger partial charge >= 0.3 is 6.09 Å². The predicted molar refractivity (Wildman–Crippen MR) is 83.7 cm³/mol. The van der Waals surface area contributed by atoms with Crippen molar-refractivity contribution < 1.29 is 9.53 Å². The lowest BCUT2D eigenvalue weighted by Gasteiger charge is -2.37. The van der Waals surface area contributed by atoms with Crippen molar-refractivity contribution in [2.75, 3.05) is 6.54 Å². The van der Waals surface area contributed by atoms with Gasteiger partial charge in [-0.25, -0.2) is 4.79 Å². The zero-order valence-corrected chi connectivity index (χ0v) is 13.9. The Labute approximate surface area is 129 Å². The van der Waals surface area contributed by atoms with E-state index in [1.165, 1.54) is 5.56 Å². The van der Waals surface area contributed by atoms with Crippen LogP contribution in [0.15, 0.2) is 28.7 Å². The average Bonchev–Trinajstić information content (AvgIpc) is 2.38. The molecule has 0 N–H and O–H groups in total. The van der Waals surface area contributed by atoms with Crippen LogP contribution < -0.4 is 0 Å². The van der Waals surface area contributed by atoms with Gasteiger partial charge in [0.15, 0.2) is 0 Å². The summed E-state index contributed by atoms with van der Waals surface area (Å²) in [7, 11) is 0. The van der Waals surface area contributed by atoms with Crippen LogP contribution in [0.5, 0.6) is 0 Å². The molecule has 0 aliphatic carbocycles. The third-order valence-corrected chi connectivity index (χ3v) is 3.91. The maximum absolute atomic E-state index is 12.4. The second-order valence-electron chi connectivity index (χ2n) is 6.24. The smallest absolute Gasteiger partial charge is 0.410 e. The first kappa shape index (κ1) is 15.4. The second-order valence-corrected chi connectivity index (χ2v) is 7.15. The third kappa shape index (κ3) is 3.98. The van der Waals surface area contributed by atoms with Crippen molar-refractivity contribution in [2.24, 2.45) is 0 Å². The second kappa shape index (κ2) is 6.17. The molecule has 1 aromatic rings. The van der Waals surface area contributed by atoms with E-state index < -0.39 is 5.60 Å². The molecular weight excluding hydrogens is 318 g/mol. The summed E-state index contributed by atoms with van der Waals surface area (Å²) < 4.78 is 6.59. The molecule has 1 atom stereocenters. The summed E-state index contributed by atoms with van der Waals surface area (Å²) in [6, 6.07) is 8.34. The minimum Gasteiger partial charge on any atom is -0.444 e. The van der Waals surface area contributed by atoms with E-state index in [9.17, 15) is 4.79 Å². The quantitative estimate of drug-likeness (QED) is 0.727. The number of rotatable bonds is 1. The van der Waals surface area contributed by atoms with Crippen LogP contribution in [0.25, 0.3) is 0 Å². The first-order valence-electron chi connectivity index (χ1n) is 7.12. The number of amides is 1. The Hall–Kier alpha value is -1.03. The van der Waals surface area contributed by atoms with Crippen LogP contribution in [-0.2, 0) is 4.74 Å². The van der Waals surface area contributed by atoms with Crippen molar-refractivity contribution in [1.82, 2.24) is 4.90 Å². The van der Waals surface area contributed by atoms with E-state index in [2.05, 4.69) is 28.1 Å². The number of benzene rings is 1. The van der Waals surface area contributed by atoms with Crippen LogP contribution in [0.4, 0.5) is 4.79 Å². The number of carbonyl (C=O) groups is 1. The van der Waals surface area contributed by atoms with Gasteiger partial charge in [0.05, 0.1) is 6.04 Å². The van der Waals surface area contributed by atoms with E-state index in [0.717, 1.165) is 30.3 Å². The molecule has 1 aliphatic rings. The Morgan fingerprint density at radius 1 is 1.25 bits per heavy atom. The van der Waals surface area contributed by atoms with Crippen molar-refractivity contribution in [3.63, 3.8) is 0 Å². The van der Waals surface area contributed by atoms with E-state index in [1.54, 1.807) is 0 Å². The molecule has 1 heterocycles. The fourth-order valence-electron chi connectivity index (χ4n) is 2.50. The molecule has 1 amide bonds. The number of nitrogens with zero attached hydrogens (tertiary/aromatic N) is 1. The first-order chi connectivity index (χ1) is 9.37. The molecule has 20 heavy (non-hydrogen) atoms. The monoisotopic (exact) mass is 339 g/mol. The molecule has 3 nitrogen and oxygen atoms in total. The largest absolute Gasteiger partial charge is 0.444 e. The standard InChI is InChI=1S/C16H22BrNO2/c1-16(2,3)20-15(19)18-11-5-4-6-14(18)12-7-9-13(17)10-8-12/h7-10,14H,4-6,11H2,1-3H3. The maximum Gasteiger partial charge on any atom is 0.410 e. The fraction of sp³-hybridized carbons (Fsp3) is 0.562. The minimum atomic E-state index is -0.446. The zero-order chi connectivity index (χ0) is 14.8. The fourth-order valence-corrected chi connectivity index (χ4v) is 2.77. The summed E-state index contributed by atoms with van der Waals surface area (Å²) >= 11 is 3.45. The molecule has 1 saturated heterocycles. The molecular formula is C16H22BrNO2. The third-order valence-electron chi connectivity index (χ3n) is 3.39. The number of piperidine rings is 1. The van der Waals surface area contributed by atoms with Gasteiger partial charge in [0.25, 0.3) is 0 Å². The Balaban J connectivity index is 2.16. The van der Waals surface area contributed by atoms with Crippen LogP contribution in [0.3, 0.4) is 0 Å². The van der Waals surface area contributed by atoms with E-state index in [1.807, 2.05) is 37.8 Å². The summed E-state index contributed by atoms with van der Waals surface area (Å²) in [5.74, 6) is 0. The highest BCUT2D eigenvalue weighted by Crippen LogP contribution is 2.32. The zero-order valence-electron chi connectivity index (χ0n) is 12.4. The SMILES string of the molecule is CC(C)(C)OC(=O)N1CCCCC1c1ccc(Br)cc1. The van der Waals surface area contributed by atoms with Gasteiger partial charge in [-0.05, 0) is 57.7 Å². The number of hydrogen-bond acceptors (Lipinski definition) is 2. The summed E-state index contributed by atoms with van der Waals surface area (Å²) in [5, 5.41) is 0. The van der Waals surface area contributed by atoms with Gasteiger partial charge in [0.2, 0.25) is 0 Å². The lowest BCUT2D eigenvalue weighted by molar-refractivity contribution is 0.00951. The summed E-state index contributed by atoms with van der Waals surface area (Å²) in [6.07, 6.45) is 3.00. The molecule has 0 aromatic heterocycles. The van der Waals surface area contributed by atoms with Crippen molar-refractivity contribution in [3.05, 3.63) is 34.3 Å². The number of halogens is 1. The number of likely N-dealkylation sites (tertiary alicyclic amines) is 1. The Kier molecular flexibility index (Phi) is 4.74. The van der Waals surface area contributed by atoms with Gasteiger partial charge in [-0.2, -0.15) is 0 Å². The molecule has 1 aromatic carbocycles. The van der Waals surface area contributed by atoms with Crippen LogP contribution in [0.2, 0.25) is 0 Å². The summed E-state index contributed by atoms with van der Waals surface area (Å²) in [4.78, 5) is 14.2. The Morgan fingerprint density at radius 3 is 2.50 bits per heavy atom. The van der Waals surface area contributed by atoms with Crippen molar-refractivity contribution in [1.29, 1.82) is 0 Å². The average molecular weight is 340 g/mol. The van der Waals surface area contributed by atoms with Crippen LogP contribution >= 0.6 is 15.9 Å². The highest BCUT2D eigenvalue weighted by atomic mass is 79.9. The number of carbonyl (C=O) groups excluding carboxylic acids is 1. The summed E-state index contributed by atoms with van der Waals surface area (Å²) in [5.41, 5.74) is 0.734.